The van der Waals surface area contributed by atoms with Crippen molar-refractivity contribution >= 4 is 17.6 Å². The lowest BCUT2D eigenvalue weighted by molar-refractivity contribution is -0.119. The van der Waals surface area contributed by atoms with E-state index >= 15 is 0 Å². The monoisotopic (exact) mass is 191 g/mol. The van der Waals surface area contributed by atoms with Crippen LogP contribution in [0.25, 0.3) is 0 Å². The van der Waals surface area contributed by atoms with Crippen LogP contribution in [0.2, 0.25) is 0 Å². The molecule has 0 fully saturated rings. The average Bonchev–Trinajstić information content (AvgIpc) is 2.60. The molecule has 72 valence electrons. The maximum absolute atomic E-state index is 11.7. The zero-order valence-corrected chi connectivity index (χ0v) is 7.43. The van der Waals surface area contributed by atoms with E-state index in [2.05, 4.69) is 17.0 Å². The molecule has 1 amide bonds. The summed E-state index contributed by atoms with van der Waals surface area (Å²) in [5, 5.41) is 6.42. The number of rotatable bonds is 2. The molecule has 0 bridgehead atoms. The maximum atomic E-state index is 11.7. The number of fused-ring (bicyclic) bond motifs is 1. The third-order valence-electron chi connectivity index (χ3n) is 2.12. The van der Waals surface area contributed by atoms with Gasteiger partial charge in [0.1, 0.15) is 11.7 Å². The molecule has 1 aliphatic heterocycles. The van der Waals surface area contributed by atoms with Crippen molar-refractivity contribution < 1.29 is 9.59 Å². The Kier molecular flexibility index (Phi) is 1.92. The first kappa shape index (κ1) is 8.68. The first-order valence-corrected chi connectivity index (χ1v) is 4.24. The lowest BCUT2D eigenvalue weighted by atomic mass is 10.0. The number of hydrogen-bond acceptors (Lipinski definition) is 3. The van der Waals surface area contributed by atoms with Crippen molar-refractivity contribution in [3.8, 4) is 0 Å². The van der Waals surface area contributed by atoms with Crippen molar-refractivity contribution in [1.29, 1.82) is 0 Å². The van der Waals surface area contributed by atoms with Gasteiger partial charge in [0.15, 0.2) is 0 Å². The zero-order chi connectivity index (χ0) is 10.1. The van der Waals surface area contributed by atoms with Gasteiger partial charge >= 0.3 is 0 Å². The summed E-state index contributed by atoms with van der Waals surface area (Å²) in [4.78, 5) is 23.1. The Bertz CT molecular complexity index is 408. The smallest absolute Gasteiger partial charge is 0.261 e. The van der Waals surface area contributed by atoms with Crippen LogP contribution in [0.3, 0.4) is 0 Å². The summed E-state index contributed by atoms with van der Waals surface area (Å²) in [6.07, 6.45) is 3.37. The first-order chi connectivity index (χ1) is 6.74. The van der Waals surface area contributed by atoms with Gasteiger partial charge in [-0.2, -0.15) is 9.78 Å². The summed E-state index contributed by atoms with van der Waals surface area (Å²) in [5.74, 6) is -0.850. The SMILES string of the molecule is C=CCC1C(=O)Nc2ccnn2C1=O. The summed E-state index contributed by atoms with van der Waals surface area (Å²) >= 11 is 0. The predicted octanol–water partition coefficient (Wildman–Crippen LogP) is 0.668. The van der Waals surface area contributed by atoms with Gasteiger partial charge in [0, 0.05) is 6.07 Å². The fraction of sp³-hybridized carbons (Fsp3) is 0.222. The summed E-state index contributed by atoms with van der Waals surface area (Å²) in [5.41, 5.74) is 0. The van der Waals surface area contributed by atoms with E-state index in [-0.39, 0.29) is 11.8 Å². The van der Waals surface area contributed by atoms with Gasteiger partial charge in [-0.25, -0.2) is 0 Å². The molecule has 1 atom stereocenters. The van der Waals surface area contributed by atoms with Crippen LogP contribution >= 0.6 is 0 Å². The number of allylic oxidation sites excluding steroid dienone is 1. The summed E-state index contributed by atoms with van der Waals surface area (Å²) < 4.78 is 1.20. The predicted molar refractivity (Wildman–Crippen MR) is 49.8 cm³/mol. The van der Waals surface area contributed by atoms with Crippen LogP contribution in [0, 0.1) is 5.92 Å². The Morgan fingerprint density at radius 1 is 1.64 bits per heavy atom. The average molecular weight is 191 g/mol. The normalized spacial score (nSPS) is 20.1. The molecule has 0 spiro atoms. The molecular weight excluding hydrogens is 182 g/mol. The van der Waals surface area contributed by atoms with E-state index in [0.29, 0.717) is 12.2 Å². The molecule has 0 saturated carbocycles. The van der Waals surface area contributed by atoms with Crippen molar-refractivity contribution in [2.24, 2.45) is 5.92 Å². The minimum absolute atomic E-state index is 0.289. The summed E-state index contributed by atoms with van der Waals surface area (Å²) in [6.45, 7) is 3.51. The largest absolute Gasteiger partial charge is 0.310 e. The molecule has 2 rings (SSSR count). The Hall–Kier alpha value is -1.91. The molecule has 0 saturated heterocycles. The molecule has 0 radical (unpaired) electrons. The van der Waals surface area contributed by atoms with E-state index in [1.54, 1.807) is 12.1 Å². The minimum atomic E-state index is -0.695. The van der Waals surface area contributed by atoms with Crippen molar-refractivity contribution in [1.82, 2.24) is 9.78 Å². The van der Waals surface area contributed by atoms with Crippen LogP contribution < -0.4 is 5.32 Å². The number of hydrogen-bond donors (Lipinski definition) is 1. The Labute approximate surface area is 80.4 Å². The van der Waals surface area contributed by atoms with E-state index in [0.717, 1.165) is 0 Å². The highest BCUT2D eigenvalue weighted by molar-refractivity contribution is 6.11. The number of nitrogens with zero attached hydrogens (tertiary/aromatic N) is 2. The Morgan fingerprint density at radius 2 is 2.43 bits per heavy atom. The van der Waals surface area contributed by atoms with Crippen LogP contribution in [0.4, 0.5) is 5.82 Å². The van der Waals surface area contributed by atoms with E-state index in [4.69, 9.17) is 0 Å². The molecule has 0 aromatic carbocycles. The Balaban J connectivity index is 2.38. The van der Waals surface area contributed by atoms with E-state index in [1.807, 2.05) is 0 Å². The Morgan fingerprint density at radius 3 is 3.14 bits per heavy atom. The molecule has 14 heavy (non-hydrogen) atoms. The molecule has 1 aliphatic rings. The molecule has 5 nitrogen and oxygen atoms in total. The zero-order valence-electron chi connectivity index (χ0n) is 7.43. The van der Waals surface area contributed by atoms with Crippen molar-refractivity contribution in [2.75, 3.05) is 5.32 Å². The van der Waals surface area contributed by atoms with E-state index < -0.39 is 5.92 Å². The van der Waals surface area contributed by atoms with Crippen LogP contribution in [-0.4, -0.2) is 21.6 Å². The molecule has 0 aliphatic carbocycles. The molecule has 1 aromatic rings. The van der Waals surface area contributed by atoms with E-state index in [1.165, 1.54) is 10.9 Å². The number of nitrogens with one attached hydrogen (secondary N) is 1. The highest BCUT2D eigenvalue weighted by Crippen LogP contribution is 2.19. The third kappa shape index (κ3) is 1.14. The van der Waals surface area contributed by atoms with Gasteiger partial charge < -0.3 is 5.32 Å². The quantitative estimate of drug-likeness (QED) is 0.552. The topological polar surface area (TPSA) is 64.0 Å². The third-order valence-corrected chi connectivity index (χ3v) is 2.12. The minimum Gasteiger partial charge on any atom is -0.310 e. The van der Waals surface area contributed by atoms with Gasteiger partial charge in [-0.3, -0.25) is 9.59 Å². The van der Waals surface area contributed by atoms with Gasteiger partial charge in [-0.05, 0) is 6.42 Å². The van der Waals surface area contributed by atoms with Crippen molar-refractivity contribution in [3.63, 3.8) is 0 Å². The summed E-state index contributed by atoms with van der Waals surface area (Å²) in [7, 11) is 0. The second-order valence-corrected chi connectivity index (χ2v) is 3.03. The second-order valence-electron chi connectivity index (χ2n) is 3.03. The molecular formula is C9H9N3O2. The molecule has 1 unspecified atom stereocenters. The number of anilines is 1. The molecule has 1 N–H and O–H groups in total. The van der Waals surface area contributed by atoms with Gasteiger partial charge in [0.05, 0.1) is 6.20 Å². The highest BCUT2D eigenvalue weighted by Gasteiger charge is 2.33. The van der Waals surface area contributed by atoms with Crippen LogP contribution in [0.15, 0.2) is 24.9 Å². The summed E-state index contributed by atoms with van der Waals surface area (Å²) in [6, 6.07) is 1.58. The van der Waals surface area contributed by atoms with Gasteiger partial charge in [-0.1, -0.05) is 6.08 Å². The lowest BCUT2D eigenvalue weighted by Gasteiger charge is -2.20. The molecule has 1 aromatic heterocycles. The van der Waals surface area contributed by atoms with Crippen LogP contribution in [0.5, 0.6) is 0 Å². The number of amides is 1. The molecule has 5 heteroatoms. The van der Waals surface area contributed by atoms with Gasteiger partial charge in [-0.15, -0.1) is 6.58 Å². The van der Waals surface area contributed by atoms with Gasteiger partial charge in [0.25, 0.3) is 5.91 Å². The van der Waals surface area contributed by atoms with Crippen molar-refractivity contribution in [3.05, 3.63) is 24.9 Å². The standard InChI is InChI=1S/C9H9N3O2/c1-2-3-6-8(13)11-7-4-5-10-12(7)9(6)14/h2,4-6H,1,3H2,(H,11,13). The highest BCUT2D eigenvalue weighted by atomic mass is 16.2. The number of aromatic nitrogens is 2. The number of carbonyl (C=O) groups excluding carboxylic acids is 2. The van der Waals surface area contributed by atoms with Crippen LogP contribution in [-0.2, 0) is 4.79 Å². The van der Waals surface area contributed by atoms with Crippen LogP contribution in [0.1, 0.15) is 11.2 Å². The maximum Gasteiger partial charge on any atom is 0.261 e. The molecule has 2 heterocycles. The number of carbonyl (C=O) groups is 2. The first-order valence-electron chi connectivity index (χ1n) is 4.24. The lowest BCUT2D eigenvalue weighted by Crippen LogP contribution is -2.39. The second kappa shape index (κ2) is 3.10. The fourth-order valence-electron chi connectivity index (χ4n) is 1.42. The fourth-order valence-corrected chi connectivity index (χ4v) is 1.42. The van der Waals surface area contributed by atoms with Gasteiger partial charge in [0.2, 0.25) is 5.91 Å². The van der Waals surface area contributed by atoms with E-state index in [9.17, 15) is 9.59 Å². The van der Waals surface area contributed by atoms with Crippen molar-refractivity contribution in [2.45, 2.75) is 6.42 Å².